The summed E-state index contributed by atoms with van der Waals surface area (Å²) in [6.07, 6.45) is 0.619. The second-order valence-electron chi connectivity index (χ2n) is 5.94. The van der Waals surface area contributed by atoms with Crippen molar-refractivity contribution in [2.45, 2.75) is 40.2 Å². The molecule has 20 heavy (non-hydrogen) atoms. The van der Waals surface area contributed by atoms with Crippen LogP contribution in [0.1, 0.15) is 33.3 Å². The smallest absolute Gasteiger partial charge is 0.308 e. The molecule has 110 valence electrons. The van der Waals surface area contributed by atoms with Gasteiger partial charge < -0.3 is 10.4 Å². The molecule has 0 aliphatic carbocycles. The highest BCUT2D eigenvalue weighted by atomic mass is 16.4. The normalized spacial score (nSPS) is 14.4. The molecule has 1 rings (SSSR count). The van der Waals surface area contributed by atoms with E-state index >= 15 is 0 Å². The summed E-state index contributed by atoms with van der Waals surface area (Å²) >= 11 is 0. The minimum Gasteiger partial charge on any atom is -0.481 e. The third-order valence-corrected chi connectivity index (χ3v) is 3.60. The van der Waals surface area contributed by atoms with Crippen LogP contribution in [0.2, 0.25) is 0 Å². The molecule has 0 aliphatic heterocycles. The molecule has 0 fully saturated rings. The molecule has 0 heterocycles. The van der Waals surface area contributed by atoms with Gasteiger partial charge >= 0.3 is 5.97 Å². The van der Waals surface area contributed by atoms with Crippen molar-refractivity contribution in [2.24, 2.45) is 11.3 Å². The summed E-state index contributed by atoms with van der Waals surface area (Å²) in [5.41, 5.74) is 0.514. The highest BCUT2D eigenvalue weighted by Gasteiger charge is 2.31. The Bertz CT molecular complexity index is 468. The maximum absolute atomic E-state index is 12.3. The van der Waals surface area contributed by atoms with Crippen LogP contribution in [0.5, 0.6) is 0 Å². The van der Waals surface area contributed by atoms with Crippen molar-refractivity contribution in [1.82, 2.24) is 5.32 Å². The summed E-state index contributed by atoms with van der Waals surface area (Å²) in [7, 11) is 0. The predicted octanol–water partition coefficient (Wildman–Crippen LogP) is 2.48. The first-order chi connectivity index (χ1) is 9.24. The van der Waals surface area contributed by atoms with Crippen LogP contribution in [0.15, 0.2) is 30.3 Å². The van der Waals surface area contributed by atoms with Gasteiger partial charge in [-0.3, -0.25) is 9.59 Å². The number of carboxylic acids is 1. The SMILES string of the molecule is CC(NC(=O)C(C)(C)Cc1ccccc1)C(C)C(=O)O. The van der Waals surface area contributed by atoms with Gasteiger partial charge in [0, 0.05) is 11.5 Å². The van der Waals surface area contributed by atoms with Gasteiger partial charge in [0.25, 0.3) is 0 Å². The van der Waals surface area contributed by atoms with Gasteiger partial charge in [-0.1, -0.05) is 44.2 Å². The average molecular weight is 277 g/mol. The van der Waals surface area contributed by atoms with Crippen LogP contribution >= 0.6 is 0 Å². The topological polar surface area (TPSA) is 66.4 Å². The lowest BCUT2D eigenvalue weighted by molar-refractivity contribution is -0.142. The van der Waals surface area contributed by atoms with Crippen molar-refractivity contribution in [3.8, 4) is 0 Å². The van der Waals surface area contributed by atoms with Crippen LogP contribution in [0, 0.1) is 11.3 Å². The number of hydrogen-bond donors (Lipinski definition) is 2. The second-order valence-corrected chi connectivity index (χ2v) is 5.94. The lowest BCUT2D eigenvalue weighted by Gasteiger charge is -2.27. The van der Waals surface area contributed by atoms with Gasteiger partial charge in [0.05, 0.1) is 5.92 Å². The van der Waals surface area contributed by atoms with Crippen molar-refractivity contribution in [2.75, 3.05) is 0 Å². The van der Waals surface area contributed by atoms with E-state index in [2.05, 4.69) is 5.32 Å². The monoisotopic (exact) mass is 277 g/mol. The minimum absolute atomic E-state index is 0.123. The van der Waals surface area contributed by atoms with Gasteiger partial charge in [0.15, 0.2) is 0 Å². The maximum atomic E-state index is 12.3. The summed E-state index contributed by atoms with van der Waals surface area (Å²) in [5, 5.41) is 11.8. The Morgan fingerprint density at radius 2 is 1.75 bits per heavy atom. The van der Waals surface area contributed by atoms with Gasteiger partial charge in [0.1, 0.15) is 0 Å². The molecule has 2 unspecified atom stereocenters. The lowest BCUT2D eigenvalue weighted by atomic mass is 9.84. The van der Waals surface area contributed by atoms with E-state index in [0.717, 1.165) is 5.56 Å². The molecular formula is C16H23NO3. The van der Waals surface area contributed by atoms with Gasteiger partial charge in [0.2, 0.25) is 5.91 Å². The van der Waals surface area contributed by atoms with E-state index in [1.54, 1.807) is 13.8 Å². The molecule has 4 nitrogen and oxygen atoms in total. The van der Waals surface area contributed by atoms with E-state index in [4.69, 9.17) is 5.11 Å². The Balaban J connectivity index is 2.68. The van der Waals surface area contributed by atoms with E-state index in [1.807, 2.05) is 44.2 Å². The number of benzene rings is 1. The largest absolute Gasteiger partial charge is 0.481 e. The number of nitrogens with one attached hydrogen (secondary N) is 1. The number of amides is 1. The number of carbonyl (C=O) groups is 2. The van der Waals surface area contributed by atoms with Crippen molar-refractivity contribution in [3.63, 3.8) is 0 Å². The van der Waals surface area contributed by atoms with Crippen LogP contribution < -0.4 is 5.32 Å². The van der Waals surface area contributed by atoms with Crippen LogP contribution in [0.25, 0.3) is 0 Å². The van der Waals surface area contributed by atoms with Crippen molar-refractivity contribution in [3.05, 3.63) is 35.9 Å². The summed E-state index contributed by atoms with van der Waals surface area (Å²) < 4.78 is 0. The number of rotatable bonds is 6. The maximum Gasteiger partial charge on any atom is 0.308 e. The van der Waals surface area contributed by atoms with Crippen molar-refractivity contribution >= 4 is 11.9 Å². The highest BCUT2D eigenvalue weighted by molar-refractivity contribution is 5.83. The Labute approximate surface area is 120 Å². The number of hydrogen-bond acceptors (Lipinski definition) is 2. The number of aliphatic carboxylic acids is 1. The van der Waals surface area contributed by atoms with Crippen molar-refractivity contribution in [1.29, 1.82) is 0 Å². The molecule has 0 aromatic heterocycles. The second kappa shape index (κ2) is 6.55. The van der Waals surface area contributed by atoms with E-state index < -0.39 is 23.3 Å². The summed E-state index contributed by atoms with van der Waals surface area (Å²) in [4.78, 5) is 23.2. The third kappa shape index (κ3) is 4.37. The molecular weight excluding hydrogens is 254 g/mol. The van der Waals surface area contributed by atoms with E-state index in [1.165, 1.54) is 0 Å². The highest BCUT2D eigenvalue weighted by Crippen LogP contribution is 2.22. The molecule has 2 N–H and O–H groups in total. The molecule has 0 bridgehead atoms. The Kier molecular flexibility index (Phi) is 5.31. The molecule has 0 radical (unpaired) electrons. The molecule has 1 amide bonds. The summed E-state index contributed by atoms with van der Waals surface area (Å²) in [6, 6.07) is 9.40. The molecule has 0 aliphatic rings. The molecule has 1 aromatic carbocycles. The standard InChI is InChI=1S/C16H23NO3/c1-11(14(18)19)12(2)17-15(20)16(3,4)10-13-8-6-5-7-9-13/h5-9,11-12H,10H2,1-4H3,(H,17,20)(H,18,19). The molecule has 0 spiro atoms. The fraction of sp³-hybridized carbons (Fsp3) is 0.500. The van der Waals surface area contributed by atoms with E-state index in [9.17, 15) is 9.59 Å². The quantitative estimate of drug-likeness (QED) is 0.839. The van der Waals surface area contributed by atoms with Crippen LogP contribution in [0.4, 0.5) is 0 Å². The first-order valence-corrected chi connectivity index (χ1v) is 6.82. The van der Waals surface area contributed by atoms with Gasteiger partial charge in [-0.05, 0) is 25.8 Å². The summed E-state index contributed by atoms with van der Waals surface area (Å²) in [6.45, 7) is 7.05. The van der Waals surface area contributed by atoms with Crippen LogP contribution in [-0.2, 0) is 16.0 Å². The first-order valence-electron chi connectivity index (χ1n) is 6.82. The fourth-order valence-corrected chi connectivity index (χ4v) is 1.93. The molecule has 2 atom stereocenters. The van der Waals surface area contributed by atoms with Gasteiger partial charge in [-0.2, -0.15) is 0 Å². The van der Waals surface area contributed by atoms with Crippen molar-refractivity contribution < 1.29 is 14.7 Å². The minimum atomic E-state index is -0.904. The molecule has 0 saturated heterocycles. The Morgan fingerprint density at radius 1 is 1.20 bits per heavy atom. The van der Waals surface area contributed by atoms with Gasteiger partial charge in [-0.15, -0.1) is 0 Å². The Morgan fingerprint density at radius 3 is 2.25 bits per heavy atom. The zero-order chi connectivity index (χ0) is 15.3. The van der Waals surface area contributed by atoms with Gasteiger partial charge in [-0.25, -0.2) is 0 Å². The molecule has 4 heteroatoms. The van der Waals surface area contributed by atoms with Crippen LogP contribution in [0.3, 0.4) is 0 Å². The zero-order valence-corrected chi connectivity index (χ0v) is 12.5. The summed E-state index contributed by atoms with van der Waals surface area (Å²) in [5.74, 6) is -1.63. The molecule has 1 aromatic rings. The average Bonchev–Trinajstić information content (AvgIpc) is 2.38. The number of carbonyl (C=O) groups excluding carboxylic acids is 1. The zero-order valence-electron chi connectivity index (χ0n) is 12.5. The Hall–Kier alpha value is -1.84. The number of carboxylic acid groups (broad SMARTS) is 1. The first kappa shape index (κ1) is 16.2. The van der Waals surface area contributed by atoms with Crippen LogP contribution in [-0.4, -0.2) is 23.0 Å². The lowest BCUT2D eigenvalue weighted by Crippen LogP contribution is -2.46. The molecule has 0 saturated carbocycles. The van der Waals surface area contributed by atoms with E-state index in [0.29, 0.717) is 6.42 Å². The fourth-order valence-electron chi connectivity index (χ4n) is 1.93. The third-order valence-electron chi connectivity index (χ3n) is 3.60. The predicted molar refractivity (Wildman–Crippen MR) is 78.3 cm³/mol. The van der Waals surface area contributed by atoms with E-state index in [-0.39, 0.29) is 5.91 Å².